The van der Waals surface area contributed by atoms with Crippen LogP contribution in [0.3, 0.4) is 0 Å². The second kappa shape index (κ2) is 6.09. The molecule has 0 aliphatic carbocycles. The fourth-order valence-electron chi connectivity index (χ4n) is 3.22. The van der Waals surface area contributed by atoms with Gasteiger partial charge in [-0.1, -0.05) is 18.5 Å². The first-order valence-electron chi connectivity index (χ1n) is 7.62. The van der Waals surface area contributed by atoms with Gasteiger partial charge in [0.25, 0.3) is 0 Å². The Morgan fingerprint density at radius 3 is 2.79 bits per heavy atom. The Balaban J connectivity index is 1.97. The number of ether oxygens (including phenoxy) is 2. The maximum atomic E-state index is 13.1. The van der Waals surface area contributed by atoms with E-state index in [-0.39, 0.29) is 36.4 Å². The summed E-state index contributed by atoms with van der Waals surface area (Å²) in [7, 11) is -2.39. The lowest BCUT2D eigenvalue weighted by Gasteiger charge is -2.43. The zero-order valence-electron chi connectivity index (χ0n) is 13.5. The number of cyclic esters (lactones) is 1. The van der Waals surface area contributed by atoms with Gasteiger partial charge in [0.05, 0.1) is 12.6 Å². The van der Waals surface area contributed by atoms with Crippen LogP contribution in [0.15, 0.2) is 23.1 Å². The van der Waals surface area contributed by atoms with Gasteiger partial charge in [0.15, 0.2) is 0 Å². The number of halogens is 1. The SMILES string of the molecule is CCC12COC(=O)N1CCN(S(=O)(=O)c1cc(Cl)ccc1OC)C2. The molecule has 132 valence electrons. The van der Waals surface area contributed by atoms with Crippen molar-refractivity contribution < 1.29 is 22.7 Å². The third kappa shape index (κ3) is 2.62. The summed E-state index contributed by atoms with van der Waals surface area (Å²) < 4.78 is 37.9. The molecule has 3 rings (SSSR count). The van der Waals surface area contributed by atoms with E-state index in [0.29, 0.717) is 18.0 Å². The fourth-order valence-corrected chi connectivity index (χ4v) is 5.15. The average Bonchev–Trinajstić information content (AvgIpc) is 2.92. The van der Waals surface area contributed by atoms with Gasteiger partial charge in [-0.15, -0.1) is 0 Å². The van der Waals surface area contributed by atoms with Gasteiger partial charge in [0.1, 0.15) is 17.3 Å². The number of benzene rings is 1. The van der Waals surface area contributed by atoms with Crippen LogP contribution < -0.4 is 4.74 Å². The van der Waals surface area contributed by atoms with Crippen molar-refractivity contribution in [3.63, 3.8) is 0 Å². The molecule has 2 heterocycles. The quantitative estimate of drug-likeness (QED) is 0.805. The molecule has 2 fully saturated rings. The van der Waals surface area contributed by atoms with Crippen LogP contribution in [0.1, 0.15) is 13.3 Å². The van der Waals surface area contributed by atoms with Gasteiger partial charge in [-0.25, -0.2) is 13.2 Å². The number of nitrogens with zero attached hydrogens (tertiary/aromatic N) is 2. The van der Waals surface area contributed by atoms with Crippen LogP contribution in [0.5, 0.6) is 5.75 Å². The highest BCUT2D eigenvalue weighted by atomic mass is 35.5. The first-order valence-corrected chi connectivity index (χ1v) is 9.44. The highest BCUT2D eigenvalue weighted by molar-refractivity contribution is 7.89. The predicted octanol–water partition coefficient (Wildman–Crippen LogP) is 1.95. The maximum absolute atomic E-state index is 13.1. The summed E-state index contributed by atoms with van der Waals surface area (Å²) in [5.74, 6) is 0.242. The van der Waals surface area contributed by atoms with Crippen molar-refractivity contribution in [3.8, 4) is 5.75 Å². The molecule has 1 aromatic carbocycles. The third-order valence-corrected chi connectivity index (χ3v) is 6.80. The van der Waals surface area contributed by atoms with Gasteiger partial charge in [0.2, 0.25) is 10.0 Å². The van der Waals surface area contributed by atoms with E-state index in [4.69, 9.17) is 21.1 Å². The number of hydrogen-bond acceptors (Lipinski definition) is 5. The van der Waals surface area contributed by atoms with Crippen LogP contribution in [-0.2, 0) is 14.8 Å². The lowest BCUT2D eigenvalue weighted by atomic mass is 9.94. The number of methoxy groups -OCH3 is 1. The number of rotatable bonds is 4. The number of hydrogen-bond donors (Lipinski definition) is 0. The molecule has 0 saturated carbocycles. The van der Waals surface area contributed by atoms with Crippen LogP contribution in [0.4, 0.5) is 4.79 Å². The minimum absolute atomic E-state index is 0.0300. The zero-order valence-corrected chi connectivity index (χ0v) is 15.1. The smallest absolute Gasteiger partial charge is 0.410 e. The maximum Gasteiger partial charge on any atom is 0.410 e. The number of carbonyl (C=O) groups excluding carboxylic acids is 1. The Labute approximate surface area is 146 Å². The molecule has 9 heteroatoms. The Hall–Kier alpha value is -1.51. The van der Waals surface area contributed by atoms with E-state index in [1.54, 1.807) is 11.0 Å². The van der Waals surface area contributed by atoms with Crippen molar-refractivity contribution in [1.82, 2.24) is 9.21 Å². The standard InChI is InChI=1S/C15H19ClN2O5S/c1-3-15-9-17(6-7-18(15)14(19)23-10-15)24(20,21)13-8-11(16)4-5-12(13)22-2/h4-5,8H,3,6-7,9-10H2,1-2H3. The lowest BCUT2D eigenvalue weighted by molar-refractivity contribution is 0.0884. The topological polar surface area (TPSA) is 76.2 Å². The highest BCUT2D eigenvalue weighted by Crippen LogP contribution is 2.36. The highest BCUT2D eigenvalue weighted by Gasteiger charge is 2.51. The van der Waals surface area contributed by atoms with E-state index in [1.807, 2.05) is 6.92 Å². The molecule has 24 heavy (non-hydrogen) atoms. The van der Waals surface area contributed by atoms with Gasteiger partial charge < -0.3 is 9.47 Å². The van der Waals surface area contributed by atoms with Crippen molar-refractivity contribution in [1.29, 1.82) is 0 Å². The Kier molecular flexibility index (Phi) is 4.39. The molecular formula is C15H19ClN2O5S. The van der Waals surface area contributed by atoms with Gasteiger partial charge >= 0.3 is 6.09 Å². The molecule has 2 aliphatic rings. The second-order valence-corrected chi connectivity index (χ2v) is 8.26. The zero-order chi connectivity index (χ0) is 17.5. The molecule has 0 bridgehead atoms. The van der Waals surface area contributed by atoms with Gasteiger partial charge in [0, 0.05) is 24.7 Å². The van der Waals surface area contributed by atoms with E-state index in [1.165, 1.54) is 23.5 Å². The summed E-state index contributed by atoms with van der Waals surface area (Å²) in [5, 5.41) is 0.317. The Bertz CT molecular complexity index is 769. The van der Waals surface area contributed by atoms with Crippen molar-refractivity contribution >= 4 is 27.7 Å². The number of carbonyl (C=O) groups is 1. The summed E-state index contributed by atoms with van der Waals surface area (Å²) in [5.41, 5.74) is -0.617. The van der Waals surface area contributed by atoms with Crippen LogP contribution in [0, 0.1) is 0 Å². The molecule has 0 radical (unpaired) electrons. The normalized spacial score (nSPS) is 24.6. The van der Waals surface area contributed by atoms with Crippen molar-refractivity contribution in [3.05, 3.63) is 23.2 Å². The van der Waals surface area contributed by atoms with Crippen molar-refractivity contribution in [2.24, 2.45) is 0 Å². The fraction of sp³-hybridized carbons (Fsp3) is 0.533. The number of piperazine rings is 1. The largest absolute Gasteiger partial charge is 0.495 e. The van der Waals surface area contributed by atoms with Gasteiger partial charge in [-0.2, -0.15) is 4.31 Å². The molecule has 0 N–H and O–H groups in total. The number of sulfonamides is 1. The van der Waals surface area contributed by atoms with E-state index >= 15 is 0 Å². The molecule has 0 spiro atoms. The van der Waals surface area contributed by atoms with Gasteiger partial charge in [-0.05, 0) is 24.6 Å². The van der Waals surface area contributed by atoms with E-state index in [9.17, 15) is 13.2 Å². The summed E-state index contributed by atoms with van der Waals surface area (Å²) in [4.78, 5) is 13.5. The Morgan fingerprint density at radius 1 is 1.38 bits per heavy atom. The number of fused-ring (bicyclic) bond motifs is 1. The minimum atomic E-state index is -3.80. The van der Waals surface area contributed by atoms with Crippen LogP contribution in [0.2, 0.25) is 5.02 Å². The molecular weight excluding hydrogens is 356 g/mol. The molecule has 0 aromatic heterocycles. The average molecular weight is 375 g/mol. The van der Waals surface area contributed by atoms with E-state index in [2.05, 4.69) is 0 Å². The van der Waals surface area contributed by atoms with Crippen LogP contribution in [0.25, 0.3) is 0 Å². The molecule has 2 aliphatic heterocycles. The van der Waals surface area contributed by atoms with Crippen LogP contribution >= 0.6 is 11.6 Å². The summed E-state index contributed by atoms with van der Waals surface area (Å²) in [6.07, 6.45) is 0.228. The third-order valence-electron chi connectivity index (χ3n) is 4.70. The van der Waals surface area contributed by atoms with E-state index in [0.717, 1.165) is 0 Å². The molecule has 1 aromatic rings. The van der Waals surface area contributed by atoms with E-state index < -0.39 is 15.6 Å². The molecule has 2 saturated heterocycles. The Morgan fingerprint density at radius 2 is 2.12 bits per heavy atom. The van der Waals surface area contributed by atoms with Crippen LogP contribution in [-0.4, -0.2) is 62.6 Å². The molecule has 7 nitrogen and oxygen atoms in total. The van der Waals surface area contributed by atoms with Gasteiger partial charge in [-0.3, -0.25) is 4.90 Å². The molecule has 1 atom stereocenters. The minimum Gasteiger partial charge on any atom is -0.495 e. The summed E-state index contributed by atoms with van der Waals surface area (Å²) in [6, 6.07) is 4.49. The second-order valence-electron chi connectivity index (χ2n) is 5.92. The first-order chi connectivity index (χ1) is 11.3. The monoisotopic (exact) mass is 374 g/mol. The van der Waals surface area contributed by atoms with Crippen molar-refractivity contribution in [2.75, 3.05) is 33.4 Å². The van der Waals surface area contributed by atoms with Crippen molar-refractivity contribution in [2.45, 2.75) is 23.8 Å². The summed E-state index contributed by atoms with van der Waals surface area (Å²) >= 11 is 5.97. The lowest BCUT2D eigenvalue weighted by Crippen LogP contribution is -2.62. The number of amides is 1. The molecule has 1 amide bonds. The first kappa shape index (κ1) is 17.3. The molecule has 1 unspecified atom stereocenters. The summed E-state index contributed by atoms with van der Waals surface area (Å²) in [6.45, 7) is 2.81. The predicted molar refractivity (Wildman–Crippen MR) is 87.8 cm³/mol.